The van der Waals surface area contributed by atoms with Crippen molar-refractivity contribution in [3.05, 3.63) is 12.3 Å². The van der Waals surface area contributed by atoms with E-state index in [0.717, 1.165) is 12.8 Å². The molecule has 0 spiro atoms. The minimum absolute atomic E-state index is 0.186. The van der Waals surface area contributed by atoms with Crippen LogP contribution in [0, 0.1) is 0 Å². The molecule has 0 aromatic carbocycles. The second-order valence-corrected chi connectivity index (χ2v) is 5.22. The van der Waals surface area contributed by atoms with Gasteiger partial charge in [0, 0.05) is 12.6 Å². The fourth-order valence-corrected chi connectivity index (χ4v) is 3.10. The predicted molar refractivity (Wildman–Crippen MR) is 51.2 cm³/mol. The monoisotopic (exact) mass is 215 g/mol. The van der Waals surface area contributed by atoms with Gasteiger partial charge in [-0.05, 0) is 18.9 Å². The van der Waals surface area contributed by atoms with Gasteiger partial charge in [0.05, 0.1) is 6.20 Å². The van der Waals surface area contributed by atoms with Crippen molar-refractivity contribution in [2.45, 2.75) is 30.8 Å². The van der Waals surface area contributed by atoms with E-state index in [1.165, 1.54) is 16.6 Å². The normalized spacial score (nSPS) is 17.6. The molecule has 1 heterocycles. The van der Waals surface area contributed by atoms with Crippen LogP contribution in [0.15, 0.2) is 17.3 Å². The van der Waals surface area contributed by atoms with Gasteiger partial charge in [-0.15, -0.1) is 0 Å². The minimum Gasteiger partial charge on any atom is -0.266 e. The van der Waals surface area contributed by atoms with Gasteiger partial charge in [0.1, 0.15) is 0 Å². The molecule has 1 aliphatic carbocycles. The highest BCUT2D eigenvalue weighted by Crippen LogP contribution is 2.30. The van der Waals surface area contributed by atoms with Gasteiger partial charge in [0.25, 0.3) is 10.0 Å². The van der Waals surface area contributed by atoms with Gasteiger partial charge in [-0.2, -0.15) is 9.40 Å². The average molecular weight is 215 g/mol. The first-order valence-corrected chi connectivity index (χ1v) is 6.11. The Kier molecular flexibility index (Phi) is 2.32. The highest BCUT2D eigenvalue weighted by molar-refractivity contribution is 7.89. The van der Waals surface area contributed by atoms with Crippen LogP contribution in [-0.4, -0.2) is 35.5 Å². The molecule has 0 atom stereocenters. The summed E-state index contributed by atoms with van der Waals surface area (Å²) in [5, 5.41) is 6.34. The molecule has 1 aromatic heterocycles. The summed E-state index contributed by atoms with van der Waals surface area (Å²) in [5.74, 6) is 0. The summed E-state index contributed by atoms with van der Waals surface area (Å²) in [7, 11) is -3.33. The van der Waals surface area contributed by atoms with Gasteiger partial charge in [0.2, 0.25) is 0 Å². The van der Waals surface area contributed by atoms with Crippen molar-refractivity contribution in [1.29, 1.82) is 0 Å². The lowest BCUT2D eigenvalue weighted by atomic mass is 10.6. The van der Waals surface area contributed by atoms with Crippen LogP contribution in [0.4, 0.5) is 0 Å². The third kappa shape index (κ3) is 1.55. The number of rotatable bonds is 4. The maximum absolute atomic E-state index is 12.0. The molecule has 5 nitrogen and oxygen atoms in total. The average Bonchev–Trinajstić information content (AvgIpc) is 2.82. The fourth-order valence-electron chi connectivity index (χ4n) is 1.50. The van der Waals surface area contributed by atoms with Crippen molar-refractivity contribution < 1.29 is 8.42 Å². The van der Waals surface area contributed by atoms with Gasteiger partial charge in [-0.3, -0.25) is 5.10 Å². The topological polar surface area (TPSA) is 66.1 Å². The Morgan fingerprint density at radius 2 is 2.36 bits per heavy atom. The minimum atomic E-state index is -3.33. The molecule has 0 unspecified atom stereocenters. The second kappa shape index (κ2) is 3.36. The zero-order valence-electron chi connectivity index (χ0n) is 7.97. The number of aromatic nitrogens is 2. The molecule has 1 N–H and O–H groups in total. The molecule has 1 saturated carbocycles. The molecule has 78 valence electrons. The van der Waals surface area contributed by atoms with E-state index in [1.54, 1.807) is 0 Å². The van der Waals surface area contributed by atoms with Gasteiger partial charge in [-0.25, -0.2) is 8.42 Å². The molecule has 0 radical (unpaired) electrons. The van der Waals surface area contributed by atoms with E-state index in [-0.39, 0.29) is 11.1 Å². The standard InChI is InChI=1S/C8H13N3O2S/c1-2-11(7-3-4-7)14(12,13)8-5-6-9-10-8/h5-7H,2-4H2,1H3,(H,9,10). The number of nitrogens with one attached hydrogen (secondary N) is 1. The fraction of sp³-hybridized carbons (Fsp3) is 0.625. The Morgan fingerprint density at radius 3 is 2.79 bits per heavy atom. The molecular formula is C8H13N3O2S. The lowest BCUT2D eigenvalue weighted by molar-refractivity contribution is 0.418. The number of aromatic amines is 1. The van der Waals surface area contributed by atoms with E-state index >= 15 is 0 Å². The van der Waals surface area contributed by atoms with E-state index in [9.17, 15) is 8.42 Å². The van der Waals surface area contributed by atoms with E-state index in [2.05, 4.69) is 10.2 Å². The first kappa shape index (κ1) is 9.67. The number of H-pyrrole nitrogens is 1. The molecule has 0 aliphatic heterocycles. The predicted octanol–water partition coefficient (Wildman–Crippen LogP) is 0.583. The number of nitrogens with zero attached hydrogens (tertiary/aromatic N) is 2. The molecule has 0 saturated heterocycles. The van der Waals surface area contributed by atoms with Crippen molar-refractivity contribution in [1.82, 2.24) is 14.5 Å². The molecular weight excluding hydrogens is 202 g/mol. The summed E-state index contributed by atoms with van der Waals surface area (Å²) in [6, 6.07) is 1.69. The molecule has 14 heavy (non-hydrogen) atoms. The Morgan fingerprint density at radius 1 is 1.64 bits per heavy atom. The molecule has 0 amide bonds. The molecule has 1 aromatic rings. The Hall–Kier alpha value is -0.880. The van der Waals surface area contributed by atoms with E-state index in [4.69, 9.17) is 0 Å². The zero-order valence-corrected chi connectivity index (χ0v) is 8.79. The van der Waals surface area contributed by atoms with Crippen molar-refractivity contribution >= 4 is 10.0 Å². The molecule has 2 rings (SSSR count). The number of sulfonamides is 1. The quantitative estimate of drug-likeness (QED) is 0.799. The summed E-state index contributed by atoms with van der Waals surface area (Å²) in [6.07, 6.45) is 3.40. The maximum Gasteiger partial charge on any atom is 0.260 e. The first-order chi connectivity index (χ1) is 6.66. The van der Waals surface area contributed by atoms with Crippen molar-refractivity contribution in [3.63, 3.8) is 0 Å². The Bertz CT molecular complexity index is 394. The summed E-state index contributed by atoms with van der Waals surface area (Å²) in [6.45, 7) is 2.37. The van der Waals surface area contributed by atoms with E-state index in [1.807, 2.05) is 6.92 Å². The van der Waals surface area contributed by atoms with Crippen molar-refractivity contribution in [2.24, 2.45) is 0 Å². The van der Waals surface area contributed by atoms with Crippen LogP contribution in [0.3, 0.4) is 0 Å². The van der Waals surface area contributed by atoms with E-state index in [0.29, 0.717) is 6.54 Å². The first-order valence-electron chi connectivity index (χ1n) is 4.67. The van der Waals surface area contributed by atoms with Crippen LogP contribution in [0.2, 0.25) is 0 Å². The summed E-state index contributed by atoms with van der Waals surface area (Å²) in [4.78, 5) is 0. The number of hydrogen-bond donors (Lipinski definition) is 1. The van der Waals surface area contributed by atoms with E-state index < -0.39 is 10.0 Å². The highest BCUT2D eigenvalue weighted by atomic mass is 32.2. The van der Waals surface area contributed by atoms with Crippen LogP contribution in [0.1, 0.15) is 19.8 Å². The van der Waals surface area contributed by atoms with Gasteiger partial charge in [-0.1, -0.05) is 6.92 Å². The number of hydrogen-bond acceptors (Lipinski definition) is 3. The lowest BCUT2D eigenvalue weighted by Crippen LogP contribution is -2.33. The molecule has 0 bridgehead atoms. The smallest absolute Gasteiger partial charge is 0.260 e. The Labute approximate surface area is 83.2 Å². The van der Waals surface area contributed by atoms with Gasteiger partial charge in [0.15, 0.2) is 5.03 Å². The molecule has 1 fully saturated rings. The lowest BCUT2D eigenvalue weighted by Gasteiger charge is -2.18. The maximum atomic E-state index is 12.0. The highest BCUT2D eigenvalue weighted by Gasteiger charge is 2.37. The van der Waals surface area contributed by atoms with Crippen LogP contribution in [-0.2, 0) is 10.0 Å². The Balaban J connectivity index is 2.30. The molecule has 6 heteroatoms. The molecule has 1 aliphatic rings. The van der Waals surface area contributed by atoms with Crippen LogP contribution in [0.25, 0.3) is 0 Å². The van der Waals surface area contributed by atoms with Crippen LogP contribution >= 0.6 is 0 Å². The second-order valence-electron chi connectivity index (χ2n) is 3.36. The third-order valence-electron chi connectivity index (χ3n) is 2.33. The van der Waals surface area contributed by atoms with Gasteiger partial charge < -0.3 is 0 Å². The van der Waals surface area contributed by atoms with Crippen molar-refractivity contribution in [2.75, 3.05) is 6.54 Å². The zero-order chi connectivity index (χ0) is 10.2. The van der Waals surface area contributed by atoms with Crippen LogP contribution < -0.4 is 0 Å². The summed E-state index contributed by atoms with van der Waals surface area (Å²) >= 11 is 0. The third-order valence-corrected chi connectivity index (χ3v) is 4.28. The van der Waals surface area contributed by atoms with Crippen LogP contribution in [0.5, 0.6) is 0 Å². The summed E-state index contributed by atoms with van der Waals surface area (Å²) < 4.78 is 25.4. The van der Waals surface area contributed by atoms with Gasteiger partial charge >= 0.3 is 0 Å². The largest absolute Gasteiger partial charge is 0.266 e. The SMILES string of the molecule is CCN(C1CC1)S(=O)(=O)c1ccn[nH]1. The summed E-state index contributed by atoms with van der Waals surface area (Å²) in [5.41, 5.74) is 0. The van der Waals surface area contributed by atoms with Crippen molar-refractivity contribution in [3.8, 4) is 0 Å².